The van der Waals surface area contributed by atoms with Crippen LogP contribution in [0.1, 0.15) is 58.8 Å². The predicted octanol–water partition coefficient (Wildman–Crippen LogP) is 2.70. The van der Waals surface area contributed by atoms with Crippen LogP contribution in [0.4, 0.5) is 0 Å². The summed E-state index contributed by atoms with van der Waals surface area (Å²) in [6.45, 7) is 7.67. The van der Waals surface area contributed by atoms with E-state index in [1.54, 1.807) is 13.0 Å². The smallest absolute Gasteiger partial charge is 0.335 e. The molecule has 0 saturated heterocycles. The SMILES string of the molecule is C=C(C)CCCCCC=CC(=O)CC(O)CC(O)C(=O)OCC. The van der Waals surface area contributed by atoms with Gasteiger partial charge in [0.1, 0.15) is 0 Å². The number of esters is 1. The Labute approximate surface area is 139 Å². The third kappa shape index (κ3) is 12.7. The Morgan fingerprint density at radius 1 is 1.22 bits per heavy atom. The number of ether oxygens (including phenoxy) is 1. The predicted molar refractivity (Wildman–Crippen MR) is 89.9 cm³/mol. The average Bonchev–Trinajstić information content (AvgIpc) is 2.45. The van der Waals surface area contributed by atoms with Gasteiger partial charge in [0.05, 0.1) is 12.7 Å². The lowest BCUT2D eigenvalue weighted by Gasteiger charge is -2.13. The van der Waals surface area contributed by atoms with Crippen LogP contribution in [-0.2, 0) is 14.3 Å². The molecule has 0 aliphatic heterocycles. The lowest BCUT2D eigenvalue weighted by Crippen LogP contribution is -2.28. The van der Waals surface area contributed by atoms with Gasteiger partial charge in [0.15, 0.2) is 11.9 Å². The van der Waals surface area contributed by atoms with Gasteiger partial charge < -0.3 is 14.9 Å². The molecule has 0 aromatic rings. The normalized spacial score (nSPS) is 13.7. The monoisotopic (exact) mass is 326 g/mol. The molecule has 2 N–H and O–H groups in total. The fourth-order valence-electron chi connectivity index (χ4n) is 2.06. The van der Waals surface area contributed by atoms with Crippen molar-refractivity contribution >= 4 is 11.8 Å². The fourth-order valence-corrected chi connectivity index (χ4v) is 2.06. The molecular weight excluding hydrogens is 296 g/mol. The van der Waals surface area contributed by atoms with Crippen LogP contribution in [0.15, 0.2) is 24.3 Å². The molecule has 0 heterocycles. The van der Waals surface area contributed by atoms with Gasteiger partial charge in [0.2, 0.25) is 0 Å². The van der Waals surface area contributed by atoms with E-state index in [0.717, 1.165) is 32.1 Å². The lowest BCUT2D eigenvalue weighted by atomic mass is 10.1. The van der Waals surface area contributed by atoms with Gasteiger partial charge in [-0.15, -0.1) is 6.58 Å². The Kier molecular flexibility index (Phi) is 12.2. The zero-order valence-corrected chi connectivity index (χ0v) is 14.3. The van der Waals surface area contributed by atoms with E-state index >= 15 is 0 Å². The Hall–Kier alpha value is -1.46. The van der Waals surface area contributed by atoms with E-state index in [-0.39, 0.29) is 25.2 Å². The Morgan fingerprint density at radius 2 is 1.91 bits per heavy atom. The van der Waals surface area contributed by atoms with Gasteiger partial charge in [-0.2, -0.15) is 0 Å². The van der Waals surface area contributed by atoms with Crippen LogP contribution >= 0.6 is 0 Å². The van der Waals surface area contributed by atoms with Crippen LogP contribution < -0.4 is 0 Å². The zero-order chi connectivity index (χ0) is 17.7. The Balaban J connectivity index is 3.84. The first-order valence-corrected chi connectivity index (χ1v) is 8.23. The van der Waals surface area contributed by atoms with E-state index < -0.39 is 18.2 Å². The fraction of sp³-hybridized carbons (Fsp3) is 0.667. The summed E-state index contributed by atoms with van der Waals surface area (Å²) in [5.41, 5.74) is 1.19. The number of aliphatic hydroxyl groups is 2. The number of hydrogen-bond acceptors (Lipinski definition) is 5. The van der Waals surface area contributed by atoms with Crippen molar-refractivity contribution < 1.29 is 24.5 Å². The number of carbonyl (C=O) groups is 2. The molecule has 0 rings (SSSR count). The van der Waals surface area contributed by atoms with Gasteiger partial charge in [-0.25, -0.2) is 4.79 Å². The molecule has 0 fully saturated rings. The number of allylic oxidation sites excluding steroid dienone is 3. The maximum atomic E-state index is 11.7. The number of rotatable bonds is 13. The van der Waals surface area contributed by atoms with Gasteiger partial charge in [-0.1, -0.05) is 18.1 Å². The largest absolute Gasteiger partial charge is 0.464 e. The third-order valence-electron chi connectivity index (χ3n) is 3.27. The molecule has 2 unspecified atom stereocenters. The molecule has 0 aromatic carbocycles. The highest BCUT2D eigenvalue weighted by molar-refractivity contribution is 5.90. The van der Waals surface area contributed by atoms with Crippen molar-refractivity contribution in [1.29, 1.82) is 0 Å². The van der Waals surface area contributed by atoms with Crippen LogP contribution in [0.25, 0.3) is 0 Å². The van der Waals surface area contributed by atoms with Crippen LogP contribution in [0.2, 0.25) is 0 Å². The molecule has 0 bridgehead atoms. The highest BCUT2D eigenvalue weighted by atomic mass is 16.5. The van der Waals surface area contributed by atoms with Crippen molar-refractivity contribution in [3.8, 4) is 0 Å². The first-order valence-electron chi connectivity index (χ1n) is 8.23. The van der Waals surface area contributed by atoms with Crippen LogP contribution in [0.5, 0.6) is 0 Å². The Bertz CT molecular complexity index is 400. The van der Waals surface area contributed by atoms with Gasteiger partial charge >= 0.3 is 5.97 Å². The minimum atomic E-state index is -1.39. The molecule has 0 amide bonds. The van der Waals surface area contributed by atoms with Crippen molar-refractivity contribution in [2.24, 2.45) is 0 Å². The van der Waals surface area contributed by atoms with Crippen LogP contribution in [0, 0.1) is 0 Å². The number of unbranched alkanes of at least 4 members (excludes halogenated alkanes) is 3. The summed E-state index contributed by atoms with van der Waals surface area (Å²) in [5.74, 6) is -0.986. The van der Waals surface area contributed by atoms with E-state index in [1.807, 2.05) is 6.92 Å². The van der Waals surface area contributed by atoms with E-state index in [2.05, 4.69) is 11.3 Å². The molecule has 5 nitrogen and oxygen atoms in total. The maximum absolute atomic E-state index is 11.7. The number of hydrogen-bond donors (Lipinski definition) is 2. The number of ketones is 1. The van der Waals surface area contributed by atoms with Crippen molar-refractivity contribution in [2.45, 2.75) is 71.0 Å². The second-order valence-corrected chi connectivity index (χ2v) is 5.79. The Morgan fingerprint density at radius 3 is 2.52 bits per heavy atom. The molecule has 0 aromatic heterocycles. The van der Waals surface area contributed by atoms with Crippen molar-refractivity contribution in [1.82, 2.24) is 0 Å². The minimum absolute atomic E-state index is 0.109. The van der Waals surface area contributed by atoms with Gasteiger partial charge in [0.25, 0.3) is 0 Å². The molecule has 132 valence electrons. The van der Waals surface area contributed by atoms with E-state index in [4.69, 9.17) is 0 Å². The molecule has 0 spiro atoms. The minimum Gasteiger partial charge on any atom is -0.464 e. The molecular formula is C18H30O5. The average molecular weight is 326 g/mol. The van der Waals surface area contributed by atoms with Gasteiger partial charge in [-0.3, -0.25) is 4.79 Å². The molecule has 2 atom stereocenters. The lowest BCUT2D eigenvalue weighted by molar-refractivity contribution is -0.154. The standard InChI is InChI=1S/C18H30O5/c1-4-23-18(22)17(21)13-16(20)12-15(19)11-9-7-5-6-8-10-14(2)3/h9,11,16-17,20-21H,2,4-8,10,12-13H2,1,3H3. The summed E-state index contributed by atoms with van der Waals surface area (Å²) in [5, 5.41) is 19.2. The summed E-state index contributed by atoms with van der Waals surface area (Å²) >= 11 is 0. The number of carbonyl (C=O) groups excluding carboxylic acids is 2. The van der Waals surface area contributed by atoms with E-state index in [1.165, 1.54) is 11.6 Å². The quantitative estimate of drug-likeness (QED) is 0.235. The molecule has 5 heteroatoms. The molecule has 0 radical (unpaired) electrons. The second-order valence-electron chi connectivity index (χ2n) is 5.79. The first-order chi connectivity index (χ1) is 10.9. The first kappa shape index (κ1) is 21.5. The summed E-state index contributed by atoms with van der Waals surface area (Å²) in [7, 11) is 0. The second kappa shape index (κ2) is 13.0. The highest BCUT2D eigenvalue weighted by Gasteiger charge is 2.21. The molecule has 0 aliphatic carbocycles. The topological polar surface area (TPSA) is 83.8 Å². The van der Waals surface area contributed by atoms with Crippen LogP contribution in [-0.4, -0.2) is 40.8 Å². The molecule has 0 aliphatic rings. The summed E-state index contributed by atoms with van der Waals surface area (Å²) < 4.78 is 4.63. The molecule has 23 heavy (non-hydrogen) atoms. The van der Waals surface area contributed by atoms with E-state index in [0.29, 0.717) is 0 Å². The van der Waals surface area contributed by atoms with Crippen molar-refractivity contribution in [3.63, 3.8) is 0 Å². The van der Waals surface area contributed by atoms with Crippen molar-refractivity contribution in [3.05, 3.63) is 24.3 Å². The van der Waals surface area contributed by atoms with E-state index in [9.17, 15) is 19.8 Å². The van der Waals surface area contributed by atoms with Gasteiger partial charge in [-0.05, 0) is 45.6 Å². The van der Waals surface area contributed by atoms with Crippen LogP contribution in [0.3, 0.4) is 0 Å². The van der Waals surface area contributed by atoms with Gasteiger partial charge in [0, 0.05) is 12.8 Å². The third-order valence-corrected chi connectivity index (χ3v) is 3.27. The van der Waals surface area contributed by atoms with Crippen molar-refractivity contribution in [2.75, 3.05) is 6.61 Å². The molecule has 0 saturated carbocycles. The summed E-state index contributed by atoms with van der Waals surface area (Å²) in [4.78, 5) is 22.9. The summed E-state index contributed by atoms with van der Waals surface area (Å²) in [6, 6.07) is 0. The summed E-state index contributed by atoms with van der Waals surface area (Å²) in [6.07, 6.45) is 5.60. The number of aliphatic hydroxyl groups excluding tert-OH is 2. The highest BCUT2D eigenvalue weighted by Crippen LogP contribution is 2.09. The zero-order valence-electron chi connectivity index (χ0n) is 14.3. The maximum Gasteiger partial charge on any atom is 0.335 e.